The quantitative estimate of drug-likeness (QED) is 0.847. The number of hydrogen-bond donors (Lipinski definition) is 1. The van der Waals surface area contributed by atoms with E-state index in [0.29, 0.717) is 11.6 Å². The summed E-state index contributed by atoms with van der Waals surface area (Å²) >= 11 is 0. The van der Waals surface area contributed by atoms with Crippen molar-refractivity contribution in [3.8, 4) is 0 Å². The SMILES string of the molecule is CC1CCCN(c2ccnc(C(=O)Nc3ccc(N4CCCCC4)cc3)c2)C1. The second-order valence-electron chi connectivity index (χ2n) is 8.14. The molecule has 1 amide bonds. The summed E-state index contributed by atoms with van der Waals surface area (Å²) in [6.07, 6.45) is 8.07. The number of pyridine rings is 1. The number of anilines is 3. The van der Waals surface area contributed by atoms with Crippen molar-refractivity contribution < 1.29 is 4.79 Å². The first kappa shape index (κ1) is 18.8. The van der Waals surface area contributed by atoms with Gasteiger partial charge < -0.3 is 15.1 Å². The Kier molecular flexibility index (Phi) is 5.79. The molecule has 5 heteroatoms. The number of nitrogens with one attached hydrogen (secondary N) is 1. The molecule has 28 heavy (non-hydrogen) atoms. The van der Waals surface area contributed by atoms with E-state index in [0.717, 1.165) is 37.6 Å². The van der Waals surface area contributed by atoms with E-state index < -0.39 is 0 Å². The van der Waals surface area contributed by atoms with Crippen molar-refractivity contribution in [2.45, 2.75) is 39.0 Å². The van der Waals surface area contributed by atoms with Crippen LogP contribution >= 0.6 is 0 Å². The van der Waals surface area contributed by atoms with Crippen LogP contribution in [0.15, 0.2) is 42.6 Å². The van der Waals surface area contributed by atoms with E-state index in [9.17, 15) is 4.79 Å². The lowest BCUT2D eigenvalue weighted by Crippen LogP contribution is -2.34. The molecular weight excluding hydrogens is 348 g/mol. The van der Waals surface area contributed by atoms with Crippen LogP contribution in [0.25, 0.3) is 0 Å². The van der Waals surface area contributed by atoms with Crippen LogP contribution in [0.1, 0.15) is 49.5 Å². The summed E-state index contributed by atoms with van der Waals surface area (Å²) in [7, 11) is 0. The normalized spacial score (nSPS) is 20.1. The van der Waals surface area contributed by atoms with Gasteiger partial charge >= 0.3 is 0 Å². The molecule has 0 bridgehead atoms. The first-order valence-corrected chi connectivity index (χ1v) is 10.6. The highest BCUT2D eigenvalue weighted by atomic mass is 16.1. The Morgan fingerprint density at radius 1 is 0.964 bits per heavy atom. The molecule has 1 atom stereocenters. The third-order valence-electron chi connectivity index (χ3n) is 5.84. The molecule has 1 unspecified atom stereocenters. The molecule has 2 aliphatic rings. The summed E-state index contributed by atoms with van der Waals surface area (Å²) in [4.78, 5) is 21.8. The summed E-state index contributed by atoms with van der Waals surface area (Å²) in [6.45, 7) is 6.63. The van der Waals surface area contributed by atoms with Crippen LogP contribution in [-0.2, 0) is 0 Å². The summed E-state index contributed by atoms with van der Waals surface area (Å²) < 4.78 is 0. The number of carbonyl (C=O) groups excluding carboxylic acids is 1. The highest BCUT2D eigenvalue weighted by Gasteiger charge is 2.18. The number of hydrogen-bond acceptors (Lipinski definition) is 4. The minimum atomic E-state index is -0.155. The Labute approximate surface area is 167 Å². The van der Waals surface area contributed by atoms with Gasteiger partial charge in [-0.2, -0.15) is 0 Å². The predicted octanol–water partition coefficient (Wildman–Crippen LogP) is 4.56. The van der Waals surface area contributed by atoms with Gasteiger partial charge in [-0.3, -0.25) is 9.78 Å². The summed E-state index contributed by atoms with van der Waals surface area (Å²) in [5.41, 5.74) is 3.60. The Bertz CT molecular complexity index is 799. The summed E-state index contributed by atoms with van der Waals surface area (Å²) in [6, 6.07) is 12.1. The molecule has 2 fully saturated rings. The van der Waals surface area contributed by atoms with Crippen LogP contribution in [0, 0.1) is 5.92 Å². The minimum absolute atomic E-state index is 0.155. The molecule has 0 saturated carbocycles. The minimum Gasteiger partial charge on any atom is -0.372 e. The predicted molar refractivity (Wildman–Crippen MR) is 115 cm³/mol. The lowest BCUT2D eigenvalue weighted by Gasteiger charge is -2.32. The third-order valence-corrected chi connectivity index (χ3v) is 5.84. The van der Waals surface area contributed by atoms with Crippen molar-refractivity contribution in [2.24, 2.45) is 5.92 Å². The van der Waals surface area contributed by atoms with E-state index in [1.807, 2.05) is 24.3 Å². The Hall–Kier alpha value is -2.56. The molecule has 4 rings (SSSR count). The number of nitrogens with zero attached hydrogens (tertiary/aromatic N) is 3. The maximum atomic E-state index is 12.7. The van der Waals surface area contributed by atoms with E-state index in [4.69, 9.17) is 0 Å². The van der Waals surface area contributed by atoms with Gasteiger partial charge in [0.05, 0.1) is 0 Å². The molecule has 1 N–H and O–H groups in total. The number of carbonyl (C=O) groups is 1. The number of amides is 1. The van der Waals surface area contributed by atoms with Crippen LogP contribution in [0.2, 0.25) is 0 Å². The highest BCUT2D eigenvalue weighted by molar-refractivity contribution is 6.03. The molecule has 148 valence electrons. The average molecular weight is 379 g/mol. The van der Waals surface area contributed by atoms with Crippen molar-refractivity contribution in [3.05, 3.63) is 48.3 Å². The zero-order valence-electron chi connectivity index (χ0n) is 16.7. The standard InChI is InChI=1S/C23H30N4O/c1-18-6-5-15-27(17-18)21-11-12-24-22(16-21)23(28)25-19-7-9-20(10-8-19)26-13-3-2-4-14-26/h7-12,16,18H,2-6,13-15,17H2,1H3,(H,25,28). The van der Waals surface area contributed by atoms with Gasteiger partial charge in [-0.15, -0.1) is 0 Å². The van der Waals surface area contributed by atoms with Gasteiger partial charge in [0.1, 0.15) is 5.69 Å². The maximum Gasteiger partial charge on any atom is 0.274 e. The van der Waals surface area contributed by atoms with Crippen LogP contribution in [0.5, 0.6) is 0 Å². The van der Waals surface area contributed by atoms with E-state index in [-0.39, 0.29) is 5.91 Å². The summed E-state index contributed by atoms with van der Waals surface area (Å²) in [5, 5.41) is 2.99. The number of rotatable bonds is 4. The topological polar surface area (TPSA) is 48.5 Å². The van der Waals surface area contributed by atoms with Gasteiger partial charge in [0, 0.05) is 49.4 Å². The van der Waals surface area contributed by atoms with E-state index in [1.54, 1.807) is 6.20 Å². The zero-order valence-corrected chi connectivity index (χ0v) is 16.7. The molecule has 2 saturated heterocycles. The summed E-state index contributed by atoms with van der Waals surface area (Å²) in [5.74, 6) is 0.537. The smallest absolute Gasteiger partial charge is 0.274 e. The molecule has 1 aromatic carbocycles. The Morgan fingerprint density at radius 3 is 2.46 bits per heavy atom. The fourth-order valence-electron chi connectivity index (χ4n) is 4.27. The van der Waals surface area contributed by atoms with Gasteiger partial charge in [-0.25, -0.2) is 0 Å². The van der Waals surface area contributed by atoms with Crippen LogP contribution in [0.4, 0.5) is 17.1 Å². The second-order valence-corrected chi connectivity index (χ2v) is 8.14. The third kappa shape index (κ3) is 4.46. The Morgan fingerprint density at radius 2 is 1.71 bits per heavy atom. The number of aromatic nitrogens is 1. The van der Waals surface area contributed by atoms with Gasteiger partial charge in [0.25, 0.3) is 5.91 Å². The molecule has 0 aliphatic carbocycles. The molecule has 5 nitrogen and oxygen atoms in total. The number of benzene rings is 1. The van der Waals surface area contributed by atoms with Crippen LogP contribution in [0.3, 0.4) is 0 Å². The fraction of sp³-hybridized carbons (Fsp3) is 0.478. The maximum absolute atomic E-state index is 12.7. The lowest BCUT2D eigenvalue weighted by atomic mass is 10.00. The largest absolute Gasteiger partial charge is 0.372 e. The Balaban J connectivity index is 1.41. The molecule has 0 spiro atoms. The van der Waals surface area contributed by atoms with Crippen molar-refractivity contribution in [1.82, 2.24) is 4.98 Å². The van der Waals surface area contributed by atoms with Gasteiger partial charge in [-0.05, 0) is 74.4 Å². The fourth-order valence-corrected chi connectivity index (χ4v) is 4.27. The second kappa shape index (κ2) is 8.63. The van der Waals surface area contributed by atoms with E-state index in [1.165, 1.54) is 37.8 Å². The molecule has 0 radical (unpaired) electrons. The zero-order chi connectivity index (χ0) is 19.3. The first-order valence-electron chi connectivity index (χ1n) is 10.6. The van der Waals surface area contributed by atoms with Crippen molar-refractivity contribution in [1.29, 1.82) is 0 Å². The van der Waals surface area contributed by atoms with Crippen molar-refractivity contribution in [3.63, 3.8) is 0 Å². The molecule has 2 aliphatic heterocycles. The number of piperidine rings is 2. The van der Waals surface area contributed by atoms with Gasteiger partial charge in [0.2, 0.25) is 0 Å². The van der Waals surface area contributed by atoms with Crippen LogP contribution < -0.4 is 15.1 Å². The van der Waals surface area contributed by atoms with Crippen molar-refractivity contribution in [2.75, 3.05) is 41.3 Å². The first-order chi connectivity index (χ1) is 13.7. The van der Waals surface area contributed by atoms with Crippen LogP contribution in [-0.4, -0.2) is 37.1 Å². The molecule has 2 aromatic rings. The monoisotopic (exact) mass is 378 g/mol. The van der Waals surface area contributed by atoms with Crippen molar-refractivity contribution >= 4 is 23.0 Å². The van der Waals surface area contributed by atoms with E-state index >= 15 is 0 Å². The lowest BCUT2D eigenvalue weighted by molar-refractivity contribution is 0.102. The molecule has 1 aromatic heterocycles. The van der Waals surface area contributed by atoms with E-state index in [2.05, 4.69) is 39.2 Å². The highest BCUT2D eigenvalue weighted by Crippen LogP contribution is 2.24. The van der Waals surface area contributed by atoms with Gasteiger partial charge in [-0.1, -0.05) is 6.92 Å². The average Bonchev–Trinajstić information content (AvgIpc) is 2.75. The molecular formula is C23H30N4O. The van der Waals surface area contributed by atoms with Gasteiger partial charge in [0.15, 0.2) is 0 Å². The molecule has 3 heterocycles.